The van der Waals surface area contributed by atoms with Gasteiger partial charge in [0.15, 0.2) is 0 Å². The molecule has 2 rings (SSSR count). The molecule has 2 atom stereocenters. The van der Waals surface area contributed by atoms with Crippen molar-refractivity contribution < 1.29 is 27.8 Å². The maximum Gasteiger partial charge on any atom is 0.410 e. The van der Waals surface area contributed by atoms with E-state index >= 15 is 0 Å². The number of rotatable bonds is 6. The number of thiophene rings is 1. The zero-order chi connectivity index (χ0) is 20.2. The fourth-order valence-electron chi connectivity index (χ4n) is 2.71. The summed E-state index contributed by atoms with van der Waals surface area (Å²) in [5.74, 6) is -0.296. The molecule has 0 aromatic carbocycles. The number of carbonyl (C=O) groups is 2. The van der Waals surface area contributed by atoms with Crippen LogP contribution in [-0.4, -0.2) is 60.8 Å². The normalized spacial score (nSPS) is 20.2. The van der Waals surface area contributed by atoms with Gasteiger partial charge in [-0.2, -0.15) is 0 Å². The number of halogens is 3. The first-order valence-corrected chi connectivity index (χ1v) is 9.66. The van der Waals surface area contributed by atoms with E-state index in [9.17, 15) is 18.4 Å². The van der Waals surface area contributed by atoms with Gasteiger partial charge in [-0.1, -0.05) is 11.6 Å². The van der Waals surface area contributed by atoms with E-state index in [1.807, 2.05) is 0 Å². The lowest BCUT2D eigenvalue weighted by Gasteiger charge is -2.28. The molecule has 1 aliphatic rings. The molecule has 0 saturated carbocycles. The van der Waals surface area contributed by atoms with Crippen molar-refractivity contribution in [3.8, 4) is 0 Å². The van der Waals surface area contributed by atoms with Crippen LogP contribution in [0.1, 0.15) is 36.9 Å². The van der Waals surface area contributed by atoms with E-state index < -0.39 is 30.8 Å². The minimum atomic E-state index is -2.58. The lowest BCUT2D eigenvalue weighted by atomic mass is 10.2. The number of amides is 2. The predicted octanol–water partition coefficient (Wildman–Crippen LogP) is 3.79. The zero-order valence-electron chi connectivity index (χ0n) is 15.3. The number of ether oxygens (including phenoxy) is 2. The molecule has 0 unspecified atom stereocenters. The van der Waals surface area contributed by atoms with E-state index in [4.69, 9.17) is 21.1 Å². The molecule has 1 fully saturated rings. The summed E-state index contributed by atoms with van der Waals surface area (Å²) in [5.41, 5.74) is -0.694. The van der Waals surface area contributed by atoms with Gasteiger partial charge in [0.1, 0.15) is 12.2 Å². The summed E-state index contributed by atoms with van der Waals surface area (Å²) in [6.45, 7) is 4.67. The average Bonchev–Trinajstić information content (AvgIpc) is 3.12. The molecule has 1 saturated heterocycles. The maximum absolute atomic E-state index is 12.4. The van der Waals surface area contributed by atoms with Crippen LogP contribution < -0.4 is 5.32 Å². The highest BCUT2D eigenvalue weighted by atomic mass is 35.5. The average molecular weight is 425 g/mol. The third-order valence-electron chi connectivity index (χ3n) is 3.73. The van der Waals surface area contributed by atoms with Crippen LogP contribution in [0.2, 0.25) is 4.34 Å². The van der Waals surface area contributed by atoms with E-state index in [2.05, 4.69) is 5.32 Å². The zero-order valence-corrected chi connectivity index (χ0v) is 16.9. The molecule has 1 aliphatic heterocycles. The summed E-state index contributed by atoms with van der Waals surface area (Å²) in [6.07, 6.45) is -2.77. The molecule has 0 radical (unpaired) electrons. The minimum Gasteiger partial charge on any atom is -0.444 e. The van der Waals surface area contributed by atoms with Crippen LogP contribution in [0.4, 0.5) is 13.6 Å². The predicted molar refractivity (Wildman–Crippen MR) is 98.8 cm³/mol. The summed E-state index contributed by atoms with van der Waals surface area (Å²) in [6, 6.07) is 2.44. The van der Waals surface area contributed by atoms with Gasteiger partial charge in [0, 0.05) is 12.6 Å². The van der Waals surface area contributed by atoms with Crippen LogP contribution in [0.25, 0.3) is 0 Å². The van der Waals surface area contributed by atoms with E-state index in [1.54, 1.807) is 32.9 Å². The molecule has 0 spiro atoms. The van der Waals surface area contributed by atoms with Crippen molar-refractivity contribution in [2.45, 2.75) is 51.3 Å². The molecule has 1 aromatic rings. The van der Waals surface area contributed by atoms with E-state index in [0.717, 1.165) is 11.3 Å². The molecule has 152 valence electrons. The molecule has 2 heterocycles. The first-order chi connectivity index (χ1) is 12.5. The van der Waals surface area contributed by atoms with Gasteiger partial charge in [0.05, 0.1) is 21.9 Å². The van der Waals surface area contributed by atoms with Crippen LogP contribution in [0.15, 0.2) is 12.1 Å². The highest BCUT2D eigenvalue weighted by Crippen LogP contribution is 2.24. The summed E-state index contributed by atoms with van der Waals surface area (Å²) in [7, 11) is 0. The molecule has 2 amide bonds. The second-order valence-electron chi connectivity index (χ2n) is 7.22. The number of hydrogen-bond acceptors (Lipinski definition) is 5. The Morgan fingerprint density at radius 3 is 2.67 bits per heavy atom. The van der Waals surface area contributed by atoms with Crippen molar-refractivity contribution in [3.05, 3.63) is 21.3 Å². The van der Waals surface area contributed by atoms with Crippen LogP contribution in [0, 0.1) is 0 Å². The fraction of sp³-hybridized carbons (Fsp3) is 0.647. The van der Waals surface area contributed by atoms with Gasteiger partial charge in [-0.15, -0.1) is 11.3 Å². The second-order valence-corrected chi connectivity index (χ2v) is 8.94. The Labute approximate surface area is 165 Å². The highest BCUT2D eigenvalue weighted by molar-refractivity contribution is 7.18. The molecule has 10 heteroatoms. The molecule has 1 N–H and O–H groups in total. The number of likely N-dealkylation sites (tertiary alicyclic amines) is 1. The Bertz CT molecular complexity index is 666. The fourth-order valence-corrected chi connectivity index (χ4v) is 3.66. The van der Waals surface area contributed by atoms with Crippen molar-refractivity contribution in [1.29, 1.82) is 0 Å². The van der Waals surface area contributed by atoms with E-state index in [-0.39, 0.29) is 25.1 Å². The summed E-state index contributed by atoms with van der Waals surface area (Å²) < 4.78 is 35.5. The van der Waals surface area contributed by atoms with Gasteiger partial charge in [-0.3, -0.25) is 4.79 Å². The molecular weight excluding hydrogens is 402 g/mol. The number of hydrogen-bond donors (Lipinski definition) is 1. The number of carbonyl (C=O) groups excluding carboxylic acids is 2. The van der Waals surface area contributed by atoms with Crippen LogP contribution in [-0.2, 0) is 9.47 Å². The Morgan fingerprint density at radius 1 is 1.41 bits per heavy atom. The lowest BCUT2D eigenvalue weighted by Crippen LogP contribution is -2.43. The second kappa shape index (κ2) is 9.16. The highest BCUT2D eigenvalue weighted by Gasteiger charge is 2.38. The van der Waals surface area contributed by atoms with Gasteiger partial charge in [0.25, 0.3) is 12.3 Å². The Kier molecular flexibility index (Phi) is 7.41. The summed E-state index contributed by atoms with van der Waals surface area (Å²) in [5, 5.41) is 2.85. The minimum absolute atomic E-state index is 0.0548. The monoisotopic (exact) mass is 424 g/mol. The van der Waals surface area contributed by atoms with Gasteiger partial charge in [-0.25, -0.2) is 13.6 Å². The maximum atomic E-state index is 12.4. The van der Waals surface area contributed by atoms with Crippen LogP contribution >= 0.6 is 22.9 Å². The summed E-state index contributed by atoms with van der Waals surface area (Å²) >= 11 is 7.00. The van der Waals surface area contributed by atoms with Crippen molar-refractivity contribution >= 4 is 34.9 Å². The Hall–Kier alpha value is -1.45. The van der Waals surface area contributed by atoms with Gasteiger partial charge < -0.3 is 19.7 Å². The quantitative estimate of drug-likeness (QED) is 0.754. The molecule has 6 nitrogen and oxygen atoms in total. The third-order valence-corrected chi connectivity index (χ3v) is 4.96. The molecular formula is C17H23ClF2N2O4S. The smallest absolute Gasteiger partial charge is 0.410 e. The third kappa shape index (κ3) is 6.90. The first kappa shape index (κ1) is 21.8. The van der Waals surface area contributed by atoms with Crippen molar-refractivity contribution in [2.75, 3.05) is 19.8 Å². The number of nitrogens with one attached hydrogen (secondary N) is 1. The van der Waals surface area contributed by atoms with Crippen molar-refractivity contribution in [1.82, 2.24) is 10.2 Å². The molecule has 0 aliphatic carbocycles. The van der Waals surface area contributed by atoms with Crippen LogP contribution in [0.5, 0.6) is 0 Å². The summed E-state index contributed by atoms with van der Waals surface area (Å²) in [4.78, 5) is 26.6. The van der Waals surface area contributed by atoms with Crippen molar-refractivity contribution in [2.24, 2.45) is 0 Å². The van der Waals surface area contributed by atoms with Gasteiger partial charge >= 0.3 is 6.09 Å². The molecule has 27 heavy (non-hydrogen) atoms. The lowest BCUT2D eigenvalue weighted by molar-refractivity contribution is -0.0125. The standard InChI is InChI=1S/C17H23ClF2N2O4S/c1-17(2,3)26-16(24)22-7-10(6-11(22)8-25-9-14(19)20)21-15(23)12-4-5-13(18)27-12/h4-5,10-11,14H,6-9H2,1-3H3,(H,21,23)/t10-,11+/m1/s1. The number of alkyl halides is 2. The first-order valence-electron chi connectivity index (χ1n) is 8.47. The van der Waals surface area contributed by atoms with Gasteiger partial charge in [-0.05, 0) is 39.3 Å². The Morgan fingerprint density at radius 2 is 2.11 bits per heavy atom. The number of nitrogens with zero attached hydrogens (tertiary/aromatic N) is 1. The molecule has 1 aromatic heterocycles. The molecule has 0 bridgehead atoms. The topological polar surface area (TPSA) is 67.9 Å². The Balaban J connectivity index is 2.01. The SMILES string of the molecule is CC(C)(C)OC(=O)N1C[C@H](NC(=O)c2ccc(Cl)s2)C[C@H]1COCC(F)F. The van der Waals surface area contributed by atoms with Crippen molar-refractivity contribution in [3.63, 3.8) is 0 Å². The van der Waals surface area contributed by atoms with Gasteiger partial charge in [0.2, 0.25) is 0 Å². The van der Waals surface area contributed by atoms with Crippen LogP contribution in [0.3, 0.4) is 0 Å². The van der Waals surface area contributed by atoms with E-state index in [1.165, 1.54) is 4.90 Å². The van der Waals surface area contributed by atoms with E-state index in [0.29, 0.717) is 15.6 Å². The largest absolute Gasteiger partial charge is 0.444 e.